The predicted octanol–water partition coefficient (Wildman–Crippen LogP) is 4.27. The number of carbonyl (C=O) groups is 1. The average molecular weight is 476 g/mol. The number of para-hydroxylation sites is 1. The molecule has 0 atom stereocenters. The fourth-order valence-electron chi connectivity index (χ4n) is 3.11. The number of thiocarbonyl (C=S) groups is 1. The van der Waals surface area contributed by atoms with Crippen LogP contribution in [0.25, 0.3) is 16.5 Å². The monoisotopic (exact) mass is 475 g/mol. The van der Waals surface area contributed by atoms with E-state index in [1.807, 2.05) is 55.5 Å². The topological polar surface area (TPSA) is 88.1 Å². The number of aryl methyl sites for hydroxylation is 1. The molecule has 0 aliphatic carbocycles. The maximum atomic E-state index is 12.9. The molecule has 33 heavy (non-hydrogen) atoms. The van der Waals surface area contributed by atoms with Gasteiger partial charge >= 0.3 is 0 Å². The SMILES string of the molecule is Cc1ccc(NC(=S)SCC(=O)NNc2nn(-c3ccccc3)c(=O)c3ccccc23)cc1. The number of thioether (sulfide) groups is 1. The molecule has 0 radical (unpaired) electrons. The normalized spacial score (nSPS) is 10.6. The number of aromatic nitrogens is 2. The van der Waals surface area contributed by atoms with Crippen molar-refractivity contribution in [1.82, 2.24) is 15.2 Å². The van der Waals surface area contributed by atoms with Gasteiger partial charge < -0.3 is 5.32 Å². The highest BCUT2D eigenvalue weighted by atomic mass is 32.2. The van der Waals surface area contributed by atoms with Crippen LogP contribution in [-0.4, -0.2) is 25.8 Å². The summed E-state index contributed by atoms with van der Waals surface area (Å²) in [5.74, 6) is 0.199. The maximum absolute atomic E-state index is 12.9. The van der Waals surface area contributed by atoms with Gasteiger partial charge in [0.2, 0.25) is 5.91 Å². The summed E-state index contributed by atoms with van der Waals surface area (Å²) in [4.78, 5) is 25.3. The molecule has 9 heteroatoms. The van der Waals surface area contributed by atoms with E-state index in [9.17, 15) is 9.59 Å². The second kappa shape index (κ2) is 10.3. The van der Waals surface area contributed by atoms with Gasteiger partial charge in [-0.1, -0.05) is 78.1 Å². The lowest BCUT2D eigenvalue weighted by atomic mass is 10.2. The van der Waals surface area contributed by atoms with E-state index in [1.54, 1.807) is 30.3 Å². The number of nitrogens with zero attached hydrogens (tertiary/aromatic N) is 2. The summed E-state index contributed by atoms with van der Waals surface area (Å²) in [6, 6.07) is 24.1. The van der Waals surface area contributed by atoms with E-state index in [0.717, 1.165) is 11.3 Å². The summed E-state index contributed by atoms with van der Waals surface area (Å²) in [6.45, 7) is 2.01. The van der Waals surface area contributed by atoms with Crippen molar-refractivity contribution in [2.45, 2.75) is 6.92 Å². The lowest BCUT2D eigenvalue weighted by molar-refractivity contribution is -0.118. The molecule has 1 amide bonds. The van der Waals surface area contributed by atoms with E-state index in [1.165, 1.54) is 16.4 Å². The molecule has 3 N–H and O–H groups in total. The molecule has 1 heterocycles. The number of fused-ring (bicyclic) bond motifs is 1. The Morgan fingerprint density at radius 1 is 0.970 bits per heavy atom. The minimum atomic E-state index is -0.281. The van der Waals surface area contributed by atoms with Crippen molar-refractivity contribution in [3.63, 3.8) is 0 Å². The van der Waals surface area contributed by atoms with E-state index < -0.39 is 0 Å². The first-order valence-corrected chi connectivity index (χ1v) is 11.5. The third-order valence-electron chi connectivity index (χ3n) is 4.76. The summed E-state index contributed by atoms with van der Waals surface area (Å²) in [5.41, 5.74) is 7.92. The van der Waals surface area contributed by atoms with E-state index in [4.69, 9.17) is 12.2 Å². The molecule has 1 aromatic heterocycles. The molecule has 3 aromatic carbocycles. The van der Waals surface area contributed by atoms with Gasteiger partial charge in [0.05, 0.1) is 16.8 Å². The van der Waals surface area contributed by atoms with Crippen LogP contribution in [0.3, 0.4) is 0 Å². The maximum Gasteiger partial charge on any atom is 0.279 e. The highest BCUT2D eigenvalue weighted by Gasteiger charge is 2.12. The van der Waals surface area contributed by atoms with Gasteiger partial charge in [0.1, 0.15) is 4.32 Å². The average Bonchev–Trinajstić information content (AvgIpc) is 2.84. The van der Waals surface area contributed by atoms with Crippen LogP contribution in [0.5, 0.6) is 0 Å². The van der Waals surface area contributed by atoms with Gasteiger partial charge in [-0.2, -0.15) is 4.68 Å². The van der Waals surface area contributed by atoms with Crippen molar-refractivity contribution in [2.24, 2.45) is 0 Å². The van der Waals surface area contributed by atoms with Gasteiger partial charge in [-0.05, 0) is 37.3 Å². The first-order valence-electron chi connectivity index (χ1n) is 10.1. The van der Waals surface area contributed by atoms with Crippen molar-refractivity contribution in [3.8, 4) is 5.69 Å². The van der Waals surface area contributed by atoms with Crippen molar-refractivity contribution in [2.75, 3.05) is 16.5 Å². The summed E-state index contributed by atoms with van der Waals surface area (Å²) < 4.78 is 1.81. The minimum Gasteiger partial charge on any atom is -0.341 e. The third kappa shape index (κ3) is 5.57. The molecular weight excluding hydrogens is 454 g/mol. The zero-order valence-electron chi connectivity index (χ0n) is 17.7. The number of amides is 1. The number of hydrazine groups is 1. The Bertz CT molecular complexity index is 1360. The molecule has 0 spiro atoms. The largest absolute Gasteiger partial charge is 0.341 e. The van der Waals surface area contributed by atoms with E-state index >= 15 is 0 Å². The molecule has 4 rings (SSSR count). The number of nitrogens with one attached hydrogen (secondary N) is 3. The summed E-state index contributed by atoms with van der Waals surface area (Å²) >= 11 is 6.53. The Morgan fingerprint density at radius 2 is 1.64 bits per heavy atom. The third-order valence-corrected chi connectivity index (χ3v) is 5.98. The van der Waals surface area contributed by atoms with Crippen molar-refractivity contribution in [1.29, 1.82) is 0 Å². The van der Waals surface area contributed by atoms with Crippen LogP contribution in [0.1, 0.15) is 5.56 Å². The Labute approximate surface area is 200 Å². The Balaban J connectivity index is 1.44. The Kier molecular flexibility index (Phi) is 7.01. The quantitative estimate of drug-likeness (QED) is 0.284. The van der Waals surface area contributed by atoms with E-state index in [-0.39, 0.29) is 17.2 Å². The summed E-state index contributed by atoms with van der Waals surface area (Å²) in [7, 11) is 0. The molecule has 4 aromatic rings. The zero-order valence-corrected chi connectivity index (χ0v) is 19.4. The second-order valence-corrected chi connectivity index (χ2v) is 8.84. The first-order chi connectivity index (χ1) is 16.0. The molecule has 0 aliphatic heterocycles. The predicted molar refractivity (Wildman–Crippen MR) is 139 cm³/mol. The van der Waals surface area contributed by atoms with Crippen molar-refractivity contribution in [3.05, 3.63) is 94.8 Å². The van der Waals surface area contributed by atoms with E-state index in [0.29, 0.717) is 26.6 Å². The Morgan fingerprint density at radius 3 is 2.36 bits per heavy atom. The van der Waals surface area contributed by atoms with Gasteiger partial charge in [-0.3, -0.25) is 20.4 Å². The standard InChI is InChI=1S/C24H21N5O2S2/c1-16-11-13-17(14-12-16)25-24(32)33-15-21(30)26-27-22-19-9-5-6-10-20(19)23(31)29(28-22)18-7-3-2-4-8-18/h2-14H,15H2,1H3,(H,25,32)(H,26,30)(H,27,28). The van der Waals surface area contributed by atoms with Crippen LogP contribution in [0, 0.1) is 6.92 Å². The highest BCUT2D eigenvalue weighted by Crippen LogP contribution is 2.19. The summed E-state index contributed by atoms with van der Waals surface area (Å²) in [5, 5.41) is 8.63. The zero-order chi connectivity index (χ0) is 23.2. The first kappa shape index (κ1) is 22.5. The van der Waals surface area contributed by atoms with Crippen LogP contribution < -0.4 is 21.7 Å². The van der Waals surface area contributed by atoms with E-state index in [2.05, 4.69) is 21.3 Å². The van der Waals surface area contributed by atoms with Crippen LogP contribution >= 0.6 is 24.0 Å². The number of hydrogen-bond donors (Lipinski definition) is 3. The van der Waals surface area contributed by atoms with Gasteiger partial charge in [0, 0.05) is 11.1 Å². The molecule has 0 bridgehead atoms. The molecule has 0 aliphatic rings. The molecule has 166 valence electrons. The fraction of sp³-hybridized carbons (Fsp3) is 0.0833. The number of hydrogen-bond acceptors (Lipinski definition) is 6. The molecule has 0 fully saturated rings. The molecule has 0 saturated carbocycles. The lowest BCUT2D eigenvalue weighted by Gasteiger charge is -2.13. The van der Waals surface area contributed by atoms with Gasteiger partial charge in [0.25, 0.3) is 5.56 Å². The minimum absolute atomic E-state index is 0.112. The van der Waals surface area contributed by atoms with Gasteiger partial charge in [-0.15, -0.1) is 5.10 Å². The van der Waals surface area contributed by atoms with Crippen LogP contribution in [0.2, 0.25) is 0 Å². The van der Waals surface area contributed by atoms with Crippen LogP contribution in [0.4, 0.5) is 11.5 Å². The van der Waals surface area contributed by atoms with Crippen LogP contribution in [-0.2, 0) is 4.79 Å². The number of carbonyl (C=O) groups excluding carboxylic acids is 1. The lowest BCUT2D eigenvalue weighted by Crippen LogP contribution is -2.33. The Hall–Kier alpha value is -3.69. The number of benzene rings is 3. The van der Waals surface area contributed by atoms with Gasteiger partial charge in [-0.25, -0.2) is 0 Å². The fourth-order valence-corrected chi connectivity index (χ4v) is 3.93. The smallest absolute Gasteiger partial charge is 0.279 e. The summed E-state index contributed by atoms with van der Waals surface area (Å²) in [6.07, 6.45) is 0. The highest BCUT2D eigenvalue weighted by molar-refractivity contribution is 8.23. The molecule has 0 unspecified atom stereocenters. The molecule has 0 saturated heterocycles. The van der Waals surface area contributed by atoms with Crippen molar-refractivity contribution >= 4 is 56.5 Å². The van der Waals surface area contributed by atoms with Gasteiger partial charge in [0.15, 0.2) is 5.82 Å². The second-order valence-electron chi connectivity index (χ2n) is 7.19. The number of rotatable bonds is 6. The van der Waals surface area contributed by atoms with Crippen LogP contribution in [0.15, 0.2) is 83.7 Å². The number of anilines is 2. The molecular formula is C24H21N5O2S2. The van der Waals surface area contributed by atoms with Crippen molar-refractivity contribution < 1.29 is 4.79 Å². The molecule has 7 nitrogen and oxygen atoms in total.